The SMILES string of the molecule is CCC(C)(C)C1CCc2nc3ccccc3c(C(=O)OCC(=O)Nc3cc(Cl)c(Cl)cc3Cl)c2C1. The van der Waals surface area contributed by atoms with E-state index < -0.39 is 18.5 Å². The molecule has 1 atom stereocenters. The van der Waals surface area contributed by atoms with Crippen LogP contribution in [0.4, 0.5) is 5.69 Å². The third-order valence-corrected chi connectivity index (χ3v) is 8.13. The maximum Gasteiger partial charge on any atom is 0.339 e. The predicted octanol–water partition coefficient (Wildman–Crippen LogP) is 7.53. The van der Waals surface area contributed by atoms with Crippen LogP contribution in [-0.4, -0.2) is 23.5 Å². The number of hydrogen-bond donors (Lipinski definition) is 1. The third kappa shape index (κ3) is 5.42. The highest BCUT2D eigenvalue weighted by atomic mass is 35.5. The van der Waals surface area contributed by atoms with Gasteiger partial charge in [0.05, 0.1) is 31.8 Å². The minimum absolute atomic E-state index is 0.142. The van der Waals surface area contributed by atoms with Crippen LogP contribution in [0.25, 0.3) is 10.9 Å². The first-order valence-corrected chi connectivity index (χ1v) is 12.8. The van der Waals surface area contributed by atoms with Crippen LogP contribution >= 0.6 is 34.8 Å². The number of hydrogen-bond acceptors (Lipinski definition) is 4. The molecule has 1 aromatic heterocycles. The van der Waals surface area contributed by atoms with E-state index in [-0.39, 0.29) is 20.5 Å². The van der Waals surface area contributed by atoms with Crippen LogP contribution in [0.2, 0.25) is 15.1 Å². The fourth-order valence-corrected chi connectivity index (χ4v) is 5.18. The van der Waals surface area contributed by atoms with Gasteiger partial charge in [-0.2, -0.15) is 0 Å². The molecule has 4 rings (SSSR count). The highest BCUT2D eigenvalue weighted by molar-refractivity contribution is 6.44. The summed E-state index contributed by atoms with van der Waals surface area (Å²) >= 11 is 18.1. The smallest absolute Gasteiger partial charge is 0.339 e. The summed E-state index contributed by atoms with van der Waals surface area (Å²) in [4.78, 5) is 30.8. The lowest BCUT2D eigenvalue weighted by molar-refractivity contribution is -0.119. The number of carbonyl (C=O) groups excluding carboxylic acids is 2. The van der Waals surface area contributed by atoms with E-state index in [2.05, 4.69) is 26.1 Å². The number of amides is 1. The second-order valence-electron chi connectivity index (χ2n) is 9.58. The fraction of sp³-hybridized carbons (Fsp3) is 0.370. The van der Waals surface area contributed by atoms with Gasteiger partial charge in [0.15, 0.2) is 6.61 Å². The van der Waals surface area contributed by atoms with Gasteiger partial charge in [0.2, 0.25) is 0 Å². The van der Waals surface area contributed by atoms with Crippen molar-refractivity contribution in [2.45, 2.75) is 46.5 Å². The Balaban J connectivity index is 1.59. The van der Waals surface area contributed by atoms with E-state index in [9.17, 15) is 9.59 Å². The number of esters is 1. The Morgan fingerprint density at radius 1 is 1.11 bits per heavy atom. The molecular weight excluding hydrogens is 507 g/mol. The van der Waals surface area contributed by atoms with Crippen molar-refractivity contribution in [3.63, 3.8) is 0 Å². The maximum atomic E-state index is 13.4. The van der Waals surface area contributed by atoms with E-state index in [4.69, 9.17) is 44.5 Å². The van der Waals surface area contributed by atoms with E-state index in [1.165, 1.54) is 12.1 Å². The van der Waals surface area contributed by atoms with Crippen molar-refractivity contribution in [1.29, 1.82) is 0 Å². The molecule has 184 valence electrons. The van der Waals surface area contributed by atoms with Crippen molar-refractivity contribution in [3.8, 4) is 0 Å². The van der Waals surface area contributed by atoms with Gasteiger partial charge >= 0.3 is 5.97 Å². The zero-order valence-corrected chi connectivity index (χ0v) is 22.2. The number of carbonyl (C=O) groups is 2. The van der Waals surface area contributed by atoms with Crippen molar-refractivity contribution in [2.24, 2.45) is 11.3 Å². The molecule has 1 aliphatic carbocycles. The Hall–Kier alpha value is -2.34. The molecule has 0 saturated heterocycles. The summed E-state index contributed by atoms with van der Waals surface area (Å²) in [5, 5.41) is 4.12. The molecule has 0 saturated carbocycles. The van der Waals surface area contributed by atoms with E-state index in [0.29, 0.717) is 17.2 Å². The molecule has 1 amide bonds. The fourth-order valence-electron chi connectivity index (χ4n) is 4.59. The summed E-state index contributed by atoms with van der Waals surface area (Å²) in [5.74, 6) is -0.643. The molecule has 5 nitrogen and oxygen atoms in total. The Morgan fingerprint density at radius 2 is 1.83 bits per heavy atom. The molecular formula is C27H27Cl3N2O3. The van der Waals surface area contributed by atoms with Crippen LogP contribution in [0.15, 0.2) is 36.4 Å². The number of aryl methyl sites for hydroxylation is 1. The lowest BCUT2D eigenvalue weighted by atomic mass is 9.68. The summed E-state index contributed by atoms with van der Waals surface area (Å²) in [5.41, 5.74) is 3.55. The molecule has 2 aromatic carbocycles. The van der Waals surface area contributed by atoms with Gasteiger partial charge < -0.3 is 10.1 Å². The maximum absolute atomic E-state index is 13.4. The van der Waals surface area contributed by atoms with Crippen LogP contribution in [0, 0.1) is 11.3 Å². The van der Waals surface area contributed by atoms with Crippen LogP contribution in [0.1, 0.15) is 55.2 Å². The summed E-state index contributed by atoms with van der Waals surface area (Å²) in [6, 6.07) is 10.4. The monoisotopic (exact) mass is 532 g/mol. The summed E-state index contributed by atoms with van der Waals surface area (Å²) in [6.07, 6.45) is 3.64. The molecule has 8 heteroatoms. The van der Waals surface area contributed by atoms with Crippen molar-refractivity contribution >= 4 is 63.3 Å². The van der Waals surface area contributed by atoms with Gasteiger partial charge in [-0.25, -0.2) is 4.79 Å². The number of ether oxygens (including phenoxy) is 1. The van der Waals surface area contributed by atoms with Gasteiger partial charge in [-0.3, -0.25) is 9.78 Å². The van der Waals surface area contributed by atoms with Crippen molar-refractivity contribution < 1.29 is 14.3 Å². The van der Waals surface area contributed by atoms with Gasteiger partial charge in [0.1, 0.15) is 0 Å². The van der Waals surface area contributed by atoms with Crippen LogP contribution < -0.4 is 5.32 Å². The molecule has 0 aliphatic heterocycles. The van der Waals surface area contributed by atoms with E-state index in [1.807, 2.05) is 24.3 Å². The predicted molar refractivity (Wildman–Crippen MR) is 142 cm³/mol. The van der Waals surface area contributed by atoms with Gasteiger partial charge in [0.25, 0.3) is 5.91 Å². The first-order valence-electron chi connectivity index (χ1n) is 11.6. The normalized spacial score (nSPS) is 15.5. The van der Waals surface area contributed by atoms with E-state index in [0.717, 1.165) is 47.8 Å². The van der Waals surface area contributed by atoms with Gasteiger partial charge in [-0.15, -0.1) is 0 Å². The van der Waals surface area contributed by atoms with Crippen LogP contribution in [0.3, 0.4) is 0 Å². The number of benzene rings is 2. The van der Waals surface area contributed by atoms with E-state index in [1.54, 1.807) is 0 Å². The molecule has 1 unspecified atom stereocenters. The minimum atomic E-state index is -0.537. The average molecular weight is 534 g/mol. The second kappa shape index (κ2) is 10.3. The van der Waals surface area contributed by atoms with Crippen molar-refractivity contribution in [1.82, 2.24) is 4.98 Å². The number of para-hydroxylation sites is 1. The molecule has 35 heavy (non-hydrogen) atoms. The Kier molecular flexibility index (Phi) is 7.60. The molecule has 1 aliphatic rings. The number of halogens is 3. The van der Waals surface area contributed by atoms with Gasteiger partial charge in [-0.1, -0.05) is 80.2 Å². The second-order valence-corrected chi connectivity index (χ2v) is 10.8. The molecule has 0 bridgehead atoms. The Morgan fingerprint density at radius 3 is 2.57 bits per heavy atom. The minimum Gasteiger partial charge on any atom is -0.452 e. The third-order valence-electron chi connectivity index (χ3n) is 7.10. The van der Waals surface area contributed by atoms with Gasteiger partial charge in [0, 0.05) is 11.1 Å². The van der Waals surface area contributed by atoms with E-state index >= 15 is 0 Å². The lowest BCUT2D eigenvalue weighted by Crippen LogP contribution is -2.31. The number of nitrogens with zero attached hydrogens (tertiary/aromatic N) is 1. The molecule has 1 heterocycles. The topological polar surface area (TPSA) is 68.3 Å². The first-order chi connectivity index (χ1) is 16.6. The molecule has 0 spiro atoms. The lowest BCUT2D eigenvalue weighted by Gasteiger charge is -2.37. The summed E-state index contributed by atoms with van der Waals surface area (Å²) < 4.78 is 5.50. The Bertz CT molecular complexity index is 1310. The van der Waals surface area contributed by atoms with Gasteiger partial charge in [-0.05, 0) is 54.4 Å². The molecule has 3 aromatic rings. The highest BCUT2D eigenvalue weighted by Gasteiger charge is 2.34. The van der Waals surface area contributed by atoms with Crippen LogP contribution in [-0.2, 0) is 22.4 Å². The quantitative estimate of drug-likeness (QED) is 0.263. The number of aromatic nitrogens is 1. The van der Waals surface area contributed by atoms with Crippen LogP contribution in [0.5, 0.6) is 0 Å². The molecule has 1 N–H and O–H groups in total. The number of fused-ring (bicyclic) bond motifs is 2. The Labute approximate surface area is 220 Å². The summed E-state index contributed by atoms with van der Waals surface area (Å²) in [7, 11) is 0. The van der Waals surface area contributed by atoms with Crippen molar-refractivity contribution in [2.75, 3.05) is 11.9 Å². The zero-order valence-electron chi connectivity index (χ0n) is 19.9. The average Bonchev–Trinajstić information content (AvgIpc) is 2.84. The number of nitrogens with one attached hydrogen (secondary N) is 1. The highest BCUT2D eigenvalue weighted by Crippen LogP contribution is 2.41. The zero-order chi connectivity index (χ0) is 25.3. The molecule has 0 fully saturated rings. The van der Waals surface area contributed by atoms with Crippen molar-refractivity contribution in [3.05, 3.63) is 68.3 Å². The number of anilines is 1. The summed E-state index contributed by atoms with van der Waals surface area (Å²) in [6.45, 7) is 6.27. The number of rotatable bonds is 6. The largest absolute Gasteiger partial charge is 0.452 e. The first kappa shape index (κ1) is 25.7. The molecule has 0 radical (unpaired) electrons. The number of pyridine rings is 1. The standard InChI is InChI=1S/C27H27Cl3N2O3/c1-4-27(2,3)15-9-10-22-17(11-15)25(16-7-5-6-8-21(16)31-22)26(34)35-14-24(33)32-23-13-19(29)18(28)12-20(23)30/h5-8,12-13,15H,4,9-11,14H2,1-3H3,(H,32,33).